The molecule has 6 nitrogen and oxygen atoms in total. The Labute approximate surface area is 143 Å². The quantitative estimate of drug-likeness (QED) is 0.746. The van der Waals surface area contributed by atoms with Gasteiger partial charge in [-0.25, -0.2) is 18.7 Å². The maximum atomic E-state index is 13.3. The molecule has 2 N–H and O–H groups in total. The maximum Gasteiger partial charge on any atom is 0.354 e. The average molecular weight is 340 g/mol. The number of nitrogens with zero attached hydrogens (tertiary/aromatic N) is 3. The number of fused-ring (bicyclic) bond motifs is 1. The van der Waals surface area contributed by atoms with Gasteiger partial charge in [0.15, 0.2) is 11.3 Å². The van der Waals surface area contributed by atoms with E-state index >= 15 is 0 Å². The third kappa shape index (κ3) is 3.35. The summed E-state index contributed by atoms with van der Waals surface area (Å²) in [5.74, 6) is -1.35. The van der Waals surface area contributed by atoms with Crippen molar-refractivity contribution in [2.75, 3.05) is 0 Å². The molecule has 7 heteroatoms. The molecular weight excluding hydrogens is 323 g/mol. The van der Waals surface area contributed by atoms with E-state index in [1.807, 2.05) is 0 Å². The number of carboxylic acid groups (broad SMARTS) is 1. The Bertz CT molecular complexity index is 994. The molecule has 0 aliphatic heterocycles. The normalized spacial score (nSPS) is 10.8. The molecule has 1 aromatic carbocycles. The minimum Gasteiger partial charge on any atom is -0.477 e. The monoisotopic (exact) mass is 340 g/mol. The molecule has 0 saturated carbocycles. The van der Waals surface area contributed by atoms with E-state index in [2.05, 4.69) is 22.0 Å². The number of carbonyl (C=O) groups is 1. The van der Waals surface area contributed by atoms with Gasteiger partial charge >= 0.3 is 5.97 Å². The van der Waals surface area contributed by atoms with Gasteiger partial charge < -0.3 is 10.4 Å². The van der Waals surface area contributed by atoms with Crippen LogP contribution in [-0.4, -0.2) is 25.7 Å². The van der Waals surface area contributed by atoms with Crippen molar-refractivity contribution in [1.82, 2.24) is 19.9 Å². The molecule has 0 aliphatic carbocycles. The Kier molecular flexibility index (Phi) is 4.22. The van der Waals surface area contributed by atoms with Gasteiger partial charge in [-0.3, -0.25) is 0 Å². The summed E-state index contributed by atoms with van der Waals surface area (Å²) >= 11 is 0. The van der Waals surface area contributed by atoms with Gasteiger partial charge in [-0.1, -0.05) is 18.7 Å². The second-order valence-corrected chi connectivity index (χ2v) is 5.80. The van der Waals surface area contributed by atoms with Crippen LogP contribution in [0, 0.1) is 19.7 Å². The van der Waals surface area contributed by atoms with Crippen molar-refractivity contribution < 1.29 is 14.3 Å². The molecule has 0 fully saturated rings. The van der Waals surface area contributed by atoms with Gasteiger partial charge in [-0.15, -0.1) is 0 Å². The van der Waals surface area contributed by atoms with Gasteiger partial charge in [-0.05, 0) is 37.1 Å². The molecule has 3 aromatic rings. The number of nitrogens with one attached hydrogen (secondary N) is 1. The van der Waals surface area contributed by atoms with Crippen molar-refractivity contribution in [3.63, 3.8) is 0 Å². The van der Waals surface area contributed by atoms with Crippen molar-refractivity contribution >= 4 is 17.3 Å². The third-order valence-electron chi connectivity index (χ3n) is 3.81. The molecule has 2 heterocycles. The lowest BCUT2D eigenvalue weighted by Crippen LogP contribution is -2.15. The van der Waals surface area contributed by atoms with E-state index in [0.717, 1.165) is 5.56 Å². The number of benzene rings is 1. The summed E-state index contributed by atoms with van der Waals surface area (Å²) in [6, 6.07) is 7.97. The van der Waals surface area contributed by atoms with Crippen LogP contribution in [0.25, 0.3) is 11.3 Å². The second kappa shape index (κ2) is 6.35. The summed E-state index contributed by atoms with van der Waals surface area (Å²) < 4.78 is 14.6. The average Bonchev–Trinajstić information content (AvgIpc) is 2.94. The molecule has 0 amide bonds. The van der Waals surface area contributed by atoms with E-state index in [1.165, 1.54) is 16.6 Å². The highest BCUT2D eigenvalue weighted by Gasteiger charge is 2.15. The van der Waals surface area contributed by atoms with E-state index < -0.39 is 5.97 Å². The van der Waals surface area contributed by atoms with E-state index in [0.29, 0.717) is 34.8 Å². The van der Waals surface area contributed by atoms with Crippen molar-refractivity contribution in [2.45, 2.75) is 20.4 Å². The van der Waals surface area contributed by atoms with Crippen LogP contribution in [0.3, 0.4) is 0 Å². The fourth-order valence-corrected chi connectivity index (χ4v) is 2.51. The number of aryl methyl sites for hydroxylation is 2. The highest BCUT2D eigenvalue weighted by molar-refractivity contribution is 5.87. The smallest absolute Gasteiger partial charge is 0.354 e. The first-order valence-corrected chi connectivity index (χ1v) is 7.64. The van der Waals surface area contributed by atoms with Crippen LogP contribution >= 0.6 is 0 Å². The first-order chi connectivity index (χ1) is 11.8. The van der Waals surface area contributed by atoms with Crippen molar-refractivity contribution in [1.29, 1.82) is 0 Å². The van der Waals surface area contributed by atoms with Gasteiger partial charge in [0.2, 0.25) is 0 Å². The molecule has 0 bridgehead atoms. The minimum atomic E-state index is -1.10. The summed E-state index contributed by atoms with van der Waals surface area (Å²) in [6.07, 6.45) is 0. The Morgan fingerprint density at radius 1 is 1.32 bits per heavy atom. The molecule has 128 valence electrons. The molecule has 2 aromatic heterocycles. The lowest BCUT2D eigenvalue weighted by molar-refractivity contribution is 0.0687. The standard InChI is InChI=1S/C18H17FN4O2/c1-10-6-13(4-5-14(10)19)9-20-12(3)15-8-16(18(24)25)23-17(21-15)7-11(2)22-23/h4-8,20H,3,9H2,1-2H3,(H,24,25). The molecule has 0 atom stereocenters. The molecule has 0 radical (unpaired) electrons. The maximum absolute atomic E-state index is 13.3. The zero-order valence-corrected chi connectivity index (χ0v) is 13.9. The van der Waals surface area contributed by atoms with Gasteiger partial charge in [0.05, 0.1) is 17.1 Å². The predicted octanol–water partition coefficient (Wildman–Crippen LogP) is 2.94. The highest BCUT2D eigenvalue weighted by Crippen LogP contribution is 2.15. The van der Waals surface area contributed by atoms with Gasteiger partial charge in [0, 0.05) is 12.6 Å². The number of rotatable bonds is 5. The lowest BCUT2D eigenvalue weighted by atomic mass is 10.1. The van der Waals surface area contributed by atoms with E-state index in [4.69, 9.17) is 0 Å². The SMILES string of the molecule is C=C(NCc1ccc(F)c(C)c1)c1cc(C(=O)O)n2nc(C)cc2n1. The zero-order chi connectivity index (χ0) is 18.1. The second-order valence-electron chi connectivity index (χ2n) is 5.80. The van der Waals surface area contributed by atoms with Crippen LogP contribution in [0.2, 0.25) is 0 Å². The summed E-state index contributed by atoms with van der Waals surface area (Å²) in [6.45, 7) is 7.81. The Hall–Kier alpha value is -3.22. The first-order valence-electron chi connectivity index (χ1n) is 7.64. The molecular formula is C18H17FN4O2. The number of hydrogen-bond donors (Lipinski definition) is 2. The molecule has 3 rings (SSSR count). The van der Waals surface area contributed by atoms with Gasteiger partial charge in [0.1, 0.15) is 5.82 Å². The summed E-state index contributed by atoms with van der Waals surface area (Å²) in [5, 5.41) is 16.6. The Balaban J connectivity index is 1.86. The van der Waals surface area contributed by atoms with Crippen LogP contribution in [0.5, 0.6) is 0 Å². The topological polar surface area (TPSA) is 79.5 Å². The fraction of sp³-hybridized carbons (Fsp3) is 0.167. The van der Waals surface area contributed by atoms with Crippen LogP contribution in [0.15, 0.2) is 36.9 Å². The number of carboxylic acids is 1. The number of hydrogen-bond acceptors (Lipinski definition) is 4. The van der Waals surface area contributed by atoms with Crippen LogP contribution in [0.1, 0.15) is 33.0 Å². The van der Waals surface area contributed by atoms with E-state index in [-0.39, 0.29) is 11.5 Å². The third-order valence-corrected chi connectivity index (χ3v) is 3.81. The summed E-state index contributed by atoms with van der Waals surface area (Å²) in [4.78, 5) is 15.9. The minimum absolute atomic E-state index is 0.00803. The summed E-state index contributed by atoms with van der Waals surface area (Å²) in [7, 11) is 0. The number of halogens is 1. The fourth-order valence-electron chi connectivity index (χ4n) is 2.51. The number of aromatic nitrogens is 3. The lowest BCUT2D eigenvalue weighted by Gasteiger charge is -2.11. The molecule has 25 heavy (non-hydrogen) atoms. The van der Waals surface area contributed by atoms with Crippen LogP contribution < -0.4 is 5.32 Å². The first kappa shape index (κ1) is 16.6. The van der Waals surface area contributed by atoms with Crippen molar-refractivity contribution in [3.8, 4) is 0 Å². The van der Waals surface area contributed by atoms with Gasteiger partial charge in [0.25, 0.3) is 0 Å². The highest BCUT2D eigenvalue weighted by atomic mass is 19.1. The van der Waals surface area contributed by atoms with Crippen LogP contribution in [0.4, 0.5) is 4.39 Å². The Morgan fingerprint density at radius 2 is 2.08 bits per heavy atom. The molecule has 0 unspecified atom stereocenters. The van der Waals surface area contributed by atoms with E-state index in [9.17, 15) is 14.3 Å². The van der Waals surface area contributed by atoms with Crippen molar-refractivity contribution in [3.05, 3.63) is 70.9 Å². The van der Waals surface area contributed by atoms with E-state index in [1.54, 1.807) is 32.0 Å². The molecule has 0 aliphatic rings. The van der Waals surface area contributed by atoms with Crippen LogP contribution in [-0.2, 0) is 6.54 Å². The van der Waals surface area contributed by atoms with Crippen molar-refractivity contribution in [2.24, 2.45) is 0 Å². The summed E-state index contributed by atoms with van der Waals surface area (Å²) in [5.41, 5.74) is 3.47. The predicted molar refractivity (Wildman–Crippen MR) is 91.7 cm³/mol. The number of aromatic carboxylic acids is 1. The Morgan fingerprint density at radius 3 is 2.76 bits per heavy atom. The zero-order valence-electron chi connectivity index (χ0n) is 13.9. The van der Waals surface area contributed by atoms with Gasteiger partial charge in [-0.2, -0.15) is 5.10 Å². The molecule has 0 spiro atoms. The largest absolute Gasteiger partial charge is 0.477 e. The molecule has 0 saturated heterocycles.